The average Bonchev–Trinajstić information content (AvgIpc) is 2.99. The molecule has 0 aliphatic heterocycles. The highest BCUT2D eigenvalue weighted by atomic mass is 16.5. The van der Waals surface area contributed by atoms with Gasteiger partial charge in [0.15, 0.2) is 5.75 Å². The Bertz CT molecular complexity index is 597. The summed E-state index contributed by atoms with van der Waals surface area (Å²) in [6, 6.07) is 6.88. The number of rotatable bonds is 7. The molecule has 0 fully saturated rings. The second-order valence-electron chi connectivity index (χ2n) is 4.20. The van der Waals surface area contributed by atoms with Crippen LogP contribution in [0.25, 0.3) is 0 Å². The zero-order valence-corrected chi connectivity index (χ0v) is 11.8. The fourth-order valence-corrected chi connectivity index (χ4v) is 1.76. The fraction of sp³-hybridized carbons (Fsp3) is 0.286. The number of hydrogen-bond donors (Lipinski definition) is 2. The molecule has 0 radical (unpaired) electrons. The molecule has 0 unspecified atom stereocenters. The fourth-order valence-electron chi connectivity index (χ4n) is 1.76. The van der Waals surface area contributed by atoms with E-state index in [9.17, 15) is 4.79 Å². The van der Waals surface area contributed by atoms with Gasteiger partial charge in [0, 0.05) is 6.54 Å². The number of aryl methyl sites for hydroxylation is 1. The van der Waals surface area contributed by atoms with Gasteiger partial charge in [0.2, 0.25) is 0 Å². The molecule has 2 rings (SSSR count). The molecule has 1 aromatic heterocycles. The Kier molecular flexibility index (Phi) is 5.16. The number of para-hydroxylation sites is 1. The van der Waals surface area contributed by atoms with E-state index in [0.717, 1.165) is 6.54 Å². The van der Waals surface area contributed by atoms with Crippen LogP contribution in [0.5, 0.6) is 11.5 Å². The Balaban J connectivity index is 1.84. The van der Waals surface area contributed by atoms with Gasteiger partial charge in [-0.1, -0.05) is 12.1 Å². The lowest BCUT2D eigenvalue weighted by Crippen LogP contribution is -2.30. The standard InChI is InChI=1S/C14H18N4O3/c1-2-18-10-11(9-16-18)20-7-8-21-13-6-4-3-5-12(13)14(19)17-15/h3-6,9-10H,2,7-8,15H2,1H3,(H,17,19). The molecule has 3 N–H and O–H groups in total. The van der Waals surface area contributed by atoms with Crippen molar-refractivity contribution in [2.75, 3.05) is 13.2 Å². The first-order valence-electron chi connectivity index (χ1n) is 6.62. The van der Waals surface area contributed by atoms with Gasteiger partial charge in [-0.2, -0.15) is 5.10 Å². The minimum atomic E-state index is -0.393. The van der Waals surface area contributed by atoms with E-state index in [2.05, 4.69) is 10.5 Å². The molecule has 0 aliphatic carbocycles. The smallest absolute Gasteiger partial charge is 0.268 e. The lowest BCUT2D eigenvalue weighted by molar-refractivity contribution is 0.0948. The summed E-state index contributed by atoms with van der Waals surface area (Å²) >= 11 is 0. The van der Waals surface area contributed by atoms with Crippen molar-refractivity contribution in [3.63, 3.8) is 0 Å². The predicted molar refractivity (Wildman–Crippen MR) is 77.0 cm³/mol. The van der Waals surface area contributed by atoms with Crippen LogP contribution in [0.15, 0.2) is 36.7 Å². The molecule has 0 aliphatic rings. The third-order valence-electron chi connectivity index (χ3n) is 2.81. The summed E-state index contributed by atoms with van der Waals surface area (Å²) in [7, 11) is 0. The van der Waals surface area contributed by atoms with E-state index in [1.807, 2.05) is 13.1 Å². The number of ether oxygens (including phenoxy) is 2. The van der Waals surface area contributed by atoms with Gasteiger partial charge in [0.25, 0.3) is 5.91 Å². The quantitative estimate of drug-likeness (QED) is 0.343. The third-order valence-corrected chi connectivity index (χ3v) is 2.81. The normalized spacial score (nSPS) is 10.2. The molecule has 112 valence electrons. The second-order valence-corrected chi connectivity index (χ2v) is 4.20. The maximum atomic E-state index is 11.6. The number of nitrogens with one attached hydrogen (secondary N) is 1. The summed E-state index contributed by atoms with van der Waals surface area (Å²) in [5.41, 5.74) is 2.47. The average molecular weight is 290 g/mol. The number of carbonyl (C=O) groups excluding carboxylic acids is 1. The van der Waals surface area contributed by atoms with Gasteiger partial charge in [0.05, 0.1) is 18.0 Å². The summed E-state index contributed by atoms with van der Waals surface area (Å²) in [6.07, 6.45) is 3.47. The Morgan fingerprint density at radius 3 is 2.81 bits per heavy atom. The van der Waals surface area contributed by atoms with Crippen LogP contribution in [0.2, 0.25) is 0 Å². The molecule has 1 amide bonds. The molecule has 0 spiro atoms. The van der Waals surface area contributed by atoms with Crippen molar-refractivity contribution >= 4 is 5.91 Å². The second kappa shape index (κ2) is 7.30. The molecule has 1 aromatic carbocycles. The predicted octanol–water partition coefficient (Wildman–Crippen LogP) is 0.964. The lowest BCUT2D eigenvalue weighted by Gasteiger charge is -2.10. The van der Waals surface area contributed by atoms with Crippen molar-refractivity contribution in [3.05, 3.63) is 42.2 Å². The van der Waals surface area contributed by atoms with Crippen molar-refractivity contribution in [1.29, 1.82) is 0 Å². The topological polar surface area (TPSA) is 91.4 Å². The maximum absolute atomic E-state index is 11.6. The highest BCUT2D eigenvalue weighted by Crippen LogP contribution is 2.17. The van der Waals surface area contributed by atoms with Crippen LogP contribution in [0.1, 0.15) is 17.3 Å². The van der Waals surface area contributed by atoms with Gasteiger partial charge in [0.1, 0.15) is 19.0 Å². The summed E-state index contributed by atoms with van der Waals surface area (Å²) < 4.78 is 12.8. The Hall–Kier alpha value is -2.54. The van der Waals surface area contributed by atoms with Crippen molar-refractivity contribution in [2.45, 2.75) is 13.5 Å². The van der Waals surface area contributed by atoms with E-state index in [0.29, 0.717) is 30.3 Å². The Morgan fingerprint density at radius 1 is 1.33 bits per heavy atom. The molecule has 0 bridgehead atoms. The van der Waals surface area contributed by atoms with Crippen LogP contribution in [-0.4, -0.2) is 28.9 Å². The number of hydrazine groups is 1. The Labute approximate surface area is 122 Å². The third kappa shape index (κ3) is 3.96. The van der Waals surface area contributed by atoms with E-state index in [4.69, 9.17) is 15.3 Å². The zero-order valence-electron chi connectivity index (χ0n) is 11.8. The summed E-state index contributed by atoms with van der Waals surface area (Å²) in [4.78, 5) is 11.6. The van der Waals surface area contributed by atoms with Crippen LogP contribution < -0.4 is 20.7 Å². The van der Waals surface area contributed by atoms with E-state index in [1.165, 1.54) is 0 Å². The lowest BCUT2D eigenvalue weighted by atomic mass is 10.2. The maximum Gasteiger partial charge on any atom is 0.268 e. The number of nitrogens with zero attached hydrogens (tertiary/aromatic N) is 2. The van der Waals surface area contributed by atoms with Crippen molar-refractivity contribution in [2.24, 2.45) is 5.84 Å². The van der Waals surface area contributed by atoms with Crippen molar-refractivity contribution in [3.8, 4) is 11.5 Å². The molecular formula is C14H18N4O3. The first-order valence-corrected chi connectivity index (χ1v) is 6.62. The first kappa shape index (κ1) is 14.9. The molecule has 2 aromatic rings. The van der Waals surface area contributed by atoms with Crippen molar-refractivity contribution in [1.82, 2.24) is 15.2 Å². The number of benzene rings is 1. The number of carbonyl (C=O) groups is 1. The summed E-state index contributed by atoms with van der Waals surface area (Å²) in [5.74, 6) is 5.89. The van der Waals surface area contributed by atoms with Crippen molar-refractivity contribution < 1.29 is 14.3 Å². The van der Waals surface area contributed by atoms with Gasteiger partial charge in [-0.3, -0.25) is 14.9 Å². The first-order chi connectivity index (χ1) is 10.2. The van der Waals surface area contributed by atoms with E-state index in [1.54, 1.807) is 35.1 Å². The van der Waals surface area contributed by atoms with Crippen LogP contribution in [0.3, 0.4) is 0 Å². The van der Waals surface area contributed by atoms with E-state index < -0.39 is 5.91 Å². The summed E-state index contributed by atoms with van der Waals surface area (Å²) in [6.45, 7) is 3.46. The van der Waals surface area contributed by atoms with Crippen LogP contribution in [-0.2, 0) is 6.54 Å². The number of hydrogen-bond acceptors (Lipinski definition) is 5. The monoisotopic (exact) mass is 290 g/mol. The largest absolute Gasteiger partial charge is 0.489 e. The molecule has 7 nitrogen and oxygen atoms in total. The van der Waals surface area contributed by atoms with Gasteiger partial charge in [-0.25, -0.2) is 5.84 Å². The van der Waals surface area contributed by atoms with Crippen LogP contribution >= 0.6 is 0 Å². The number of amides is 1. The molecule has 0 atom stereocenters. The van der Waals surface area contributed by atoms with Gasteiger partial charge in [-0.15, -0.1) is 0 Å². The van der Waals surface area contributed by atoms with Gasteiger partial charge in [-0.05, 0) is 19.1 Å². The van der Waals surface area contributed by atoms with E-state index >= 15 is 0 Å². The summed E-state index contributed by atoms with van der Waals surface area (Å²) in [5, 5.41) is 4.10. The highest BCUT2D eigenvalue weighted by molar-refractivity contribution is 5.96. The minimum absolute atomic E-state index is 0.312. The van der Waals surface area contributed by atoms with Crippen LogP contribution in [0.4, 0.5) is 0 Å². The molecule has 0 saturated heterocycles. The molecular weight excluding hydrogens is 272 g/mol. The number of nitrogen functional groups attached to an aromatic ring is 1. The SMILES string of the molecule is CCn1cc(OCCOc2ccccc2C(=O)NN)cn1. The highest BCUT2D eigenvalue weighted by Gasteiger charge is 2.10. The molecule has 1 heterocycles. The zero-order chi connectivity index (χ0) is 15.1. The number of aromatic nitrogens is 2. The Morgan fingerprint density at radius 2 is 2.10 bits per heavy atom. The minimum Gasteiger partial charge on any atom is -0.489 e. The molecule has 0 saturated carbocycles. The number of nitrogens with two attached hydrogens (primary N) is 1. The van der Waals surface area contributed by atoms with Crippen LogP contribution in [0, 0.1) is 0 Å². The van der Waals surface area contributed by atoms with Gasteiger partial charge < -0.3 is 9.47 Å². The molecule has 21 heavy (non-hydrogen) atoms. The van der Waals surface area contributed by atoms with E-state index in [-0.39, 0.29) is 0 Å². The molecule has 7 heteroatoms. The van der Waals surface area contributed by atoms with Gasteiger partial charge >= 0.3 is 0 Å².